The summed E-state index contributed by atoms with van der Waals surface area (Å²) in [5, 5.41) is 11.2. The lowest BCUT2D eigenvalue weighted by atomic mass is 10.1. The Kier molecular flexibility index (Phi) is 7.88. The largest absolute Gasteiger partial charge is 0.497 e. The highest BCUT2D eigenvalue weighted by Crippen LogP contribution is 2.36. The molecule has 3 aromatic heterocycles. The minimum atomic E-state index is 0.177. The standard InChI is InChI=1S/C28H31N7O4/c1-4-35-26-22(38-14-8-13-30-16-19-11-12-20(36-2)15-21(19)37-3)17-31-23(18-9-6-5-7-10-18)24(26)32-28(35)25-27(29)34-39-33-25/h5-7,9-12,15,17,30H,4,8,13-14,16H2,1-3H3,(H2,29,34). The van der Waals surface area contributed by atoms with Gasteiger partial charge in [-0.15, -0.1) is 0 Å². The highest BCUT2D eigenvalue weighted by atomic mass is 16.6. The molecule has 0 aliphatic heterocycles. The summed E-state index contributed by atoms with van der Waals surface area (Å²) in [6.45, 7) is 4.55. The van der Waals surface area contributed by atoms with Gasteiger partial charge in [-0.1, -0.05) is 36.4 Å². The summed E-state index contributed by atoms with van der Waals surface area (Å²) in [6.07, 6.45) is 2.54. The van der Waals surface area contributed by atoms with Crippen LogP contribution in [0.15, 0.2) is 59.4 Å². The third-order valence-electron chi connectivity index (χ3n) is 6.39. The molecule has 0 saturated heterocycles. The van der Waals surface area contributed by atoms with E-state index in [0.717, 1.165) is 46.8 Å². The maximum absolute atomic E-state index is 6.25. The second-order valence-electron chi connectivity index (χ2n) is 8.77. The van der Waals surface area contributed by atoms with E-state index in [1.54, 1.807) is 20.4 Å². The van der Waals surface area contributed by atoms with Crippen LogP contribution < -0.4 is 25.3 Å². The molecular formula is C28H31N7O4. The lowest BCUT2D eigenvalue weighted by Crippen LogP contribution is -2.17. The molecule has 39 heavy (non-hydrogen) atoms. The molecule has 11 heteroatoms. The molecule has 3 N–H and O–H groups in total. The number of anilines is 1. The number of benzene rings is 2. The van der Waals surface area contributed by atoms with Crippen LogP contribution in [0.2, 0.25) is 0 Å². The van der Waals surface area contributed by atoms with Gasteiger partial charge in [0.25, 0.3) is 0 Å². The number of ether oxygens (including phenoxy) is 3. The summed E-state index contributed by atoms with van der Waals surface area (Å²) >= 11 is 0. The fraction of sp³-hybridized carbons (Fsp3) is 0.286. The van der Waals surface area contributed by atoms with Gasteiger partial charge in [0.15, 0.2) is 23.1 Å². The summed E-state index contributed by atoms with van der Waals surface area (Å²) in [5.74, 6) is 2.92. The first-order chi connectivity index (χ1) is 19.1. The van der Waals surface area contributed by atoms with Gasteiger partial charge in [-0.25, -0.2) is 14.6 Å². The number of hydrogen-bond donors (Lipinski definition) is 2. The van der Waals surface area contributed by atoms with Crippen molar-refractivity contribution < 1.29 is 18.8 Å². The maximum Gasteiger partial charge on any atom is 0.199 e. The predicted octanol–water partition coefficient (Wildman–Crippen LogP) is 4.33. The highest BCUT2D eigenvalue weighted by Gasteiger charge is 2.24. The van der Waals surface area contributed by atoms with E-state index < -0.39 is 0 Å². The average molecular weight is 530 g/mol. The Bertz CT molecular complexity index is 1550. The summed E-state index contributed by atoms with van der Waals surface area (Å²) in [6, 6.07) is 15.7. The first-order valence-electron chi connectivity index (χ1n) is 12.7. The van der Waals surface area contributed by atoms with Gasteiger partial charge >= 0.3 is 0 Å². The van der Waals surface area contributed by atoms with Crippen LogP contribution in [0.25, 0.3) is 33.8 Å². The van der Waals surface area contributed by atoms with Gasteiger partial charge in [0, 0.05) is 30.3 Å². The average Bonchev–Trinajstić information content (AvgIpc) is 3.58. The normalized spacial score (nSPS) is 11.2. The summed E-state index contributed by atoms with van der Waals surface area (Å²) < 4.78 is 23.9. The van der Waals surface area contributed by atoms with Crippen LogP contribution in [-0.4, -0.2) is 52.2 Å². The highest BCUT2D eigenvalue weighted by molar-refractivity contribution is 5.95. The number of nitrogens with one attached hydrogen (secondary N) is 1. The van der Waals surface area contributed by atoms with E-state index in [2.05, 4.69) is 15.6 Å². The van der Waals surface area contributed by atoms with Crippen molar-refractivity contribution in [2.45, 2.75) is 26.4 Å². The van der Waals surface area contributed by atoms with E-state index in [1.165, 1.54) is 0 Å². The van der Waals surface area contributed by atoms with Crippen molar-refractivity contribution >= 4 is 16.9 Å². The lowest BCUT2D eigenvalue weighted by Gasteiger charge is -2.13. The zero-order chi connectivity index (χ0) is 27.2. The number of nitrogens with two attached hydrogens (primary N) is 1. The van der Waals surface area contributed by atoms with E-state index in [9.17, 15) is 0 Å². The van der Waals surface area contributed by atoms with Crippen LogP contribution in [0.4, 0.5) is 5.82 Å². The van der Waals surface area contributed by atoms with Crippen LogP contribution in [0.5, 0.6) is 17.2 Å². The number of hydrogen-bond acceptors (Lipinski definition) is 10. The van der Waals surface area contributed by atoms with Gasteiger partial charge in [0.05, 0.1) is 32.7 Å². The molecular weight excluding hydrogens is 498 g/mol. The molecule has 0 spiro atoms. The zero-order valence-corrected chi connectivity index (χ0v) is 22.2. The molecule has 11 nitrogen and oxygen atoms in total. The van der Waals surface area contributed by atoms with Crippen LogP contribution in [-0.2, 0) is 13.1 Å². The van der Waals surface area contributed by atoms with E-state index in [4.69, 9.17) is 34.5 Å². The molecule has 202 valence electrons. The zero-order valence-electron chi connectivity index (χ0n) is 22.2. The Labute approximate surface area is 225 Å². The minimum absolute atomic E-state index is 0.177. The van der Waals surface area contributed by atoms with E-state index >= 15 is 0 Å². The number of imidazole rings is 1. The number of rotatable bonds is 12. The number of aryl methyl sites for hydroxylation is 1. The predicted molar refractivity (Wildman–Crippen MR) is 148 cm³/mol. The first-order valence-corrected chi connectivity index (χ1v) is 12.7. The lowest BCUT2D eigenvalue weighted by molar-refractivity contribution is 0.308. The molecule has 0 fully saturated rings. The summed E-state index contributed by atoms with van der Waals surface area (Å²) in [4.78, 5) is 9.61. The fourth-order valence-electron chi connectivity index (χ4n) is 4.47. The second kappa shape index (κ2) is 11.8. The molecule has 0 amide bonds. The second-order valence-corrected chi connectivity index (χ2v) is 8.77. The van der Waals surface area contributed by atoms with Gasteiger partial charge in [0.1, 0.15) is 22.5 Å². The topological polar surface area (TPSA) is 135 Å². The van der Waals surface area contributed by atoms with Crippen LogP contribution in [0.1, 0.15) is 18.9 Å². The molecule has 2 aromatic carbocycles. The molecule has 5 rings (SSSR count). The smallest absolute Gasteiger partial charge is 0.199 e. The van der Waals surface area contributed by atoms with Gasteiger partial charge in [-0.3, -0.25) is 0 Å². The van der Waals surface area contributed by atoms with Crippen molar-refractivity contribution in [3.05, 3.63) is 60.3 Å². The first kappa shape index (κ1) is 26.0. The SMILES string of the molecule is CCn1c(-c2nonc2N)nc2c(-c3ccccc3)ncc(OCCCNCc3ccc(OC)cc3OC)c21. The Morgan fingerprint density at radius 3 is 2.56 bits per heavy atom. The molecule has 3 heterocycles. The fourth-order valence-corrected chi connectivity index (χ4v) is 4.47. The molecule has 0 aliphatic carbocycles. The van der Waals surface area contributed by atoms with Crippen molar-refractivity contribution in [2.75, 3.05) is 33.1 Å². The van der Waals surface area contributed by atoms with Crippen LogP contribution in [0.3, 0.4) is 0 Å². The number of aromatic nitrogens is 5. The molecule has 0 atom stereocenters. The molecule has 0 unspecified atom stereocenters. The van der Waals surface area contributed by atoms with Crippen molar-refractivity contribution in [1.82, 2.24) is 30.2 Å². The molecule has 0 aliphatic rings. The van der Waals surface area contributed by atoms with Crippen LogP contribution >= 0.6 is 0 Å². The van der Waals surface area contributed by atoms with Gasteiger partial charge < -0.3 is 29.8 Å². The van der Waals surface area contributed by atoms with Gasteiger partial charge in [-0.05, 0) is 36.3 Å². The number of fused-ring (bicyclic) bond motifs is 1. The van der Waals surface area contributed by atoms with E-state index in [0.29, 0.717) is 42.5 Å². The third-order valence-corrected chi connectivity index (χ3v) is 6.39. The number of methoxy groups -OCH3 is 2. The van der Waals surface area contributed by atoms with Crippen LogP contribution in [0, 0.1) is 0 Å². The molecule has 5 aromatic rings. The summed E-state index contributed by atoms with van der Waals surface area (Å²) in [5.41, 5.74) is 10.7. The van der Waals surface area contributed by atoms with E-state index in [1.807, 2.05) is 60.0 Å². The monoisotopic (exact) mass is 529 g/mol. The quantitative estimate of drug-likeness (QED) is 0.225. The molecule has 0 saturated carbocycles. The number of pyridine rings is 1. The Morgan fingerprint density at radius 2 is 1.85 bits per heavy atom. The van der Waals surface area contributed by atoms with Gasteiger partial charge in [0.2, 0.25) is 0 Å². The maximum atomic E-state index is 6.25. The molecule has 0 radical (unpaired) electrons. The van der Waals surface area contributed by atoms with Crippen molar-refractivity contribution in [1.29, 1.82) is 0 Å². The number of nitrogens with zero attached hydrogens (tertiary/aromatic N) is 5. The van der Waals surface area contributed by atoms with Crippen molar-refractivity contribution in [3.63, 3.8) is 0 Å². The minimum Gasteiger partial charge on any atom is -0.497 e. The van der Waals surface area contributed by atoms with E-state index in [-0.39, 0.29) is 5.82 Å². The Morgan fingerprint density at radius 1 is 1.00 bits per heavy atom. The summed E-state index contributed by atoms with van der Waals surface area (Å²) in [7, 11) is 3.30. The van der Waals surface area contributed by atoms with Gasteiger partial charge in [-0.2, -0.15) is 0 Å². The van der Waals surface area contributed by atoms with Crippen molar-refractivity contribution in [3.8, 4) is 40.0 Å². The molecule has 0 bridgehead atoms. The Hall–Kier alpha value is -4.64. The third kappa shape index (κ3) is 5.34. The number of nitrogen functional groups attached to an aromatic ring is 1. The van der Waals surface area contributed by atoms with Crippen molar-refractivity contribution in [2.24, 2.45) is 0 Å². The Balaban J connectivity index is 1.34.